The summed E-state index contributed by atoms with van der Waals surface area (Å²) in [7, 11) is 0.454. The van der Waals surface area contributed by atoms with Gasteiger partial charge in [0.15, 0.2) is 5.96 Å². The van der Waals surface area contributed by atoms with Crippen molar-refractivity contribution in [2.24, 2.45) is 10.4 Å². The fraction of sp³-hybridized carbons (Fsp3) is 0.944. The van der Waals surface area contributed by atoms with Crippen LogP contribution < -0.4 is 10.6 Å². The summed E-state index contributed by atoms with van der Waals surface area (Å²) < 4.78 is 31.7. The van der Waals surface area contributed by atoms with Gasteiger partial charge in [-0.25, -0.2) is 12.7 Å². The second kappa shape index (κ2) is 8.02. The van der Waals surface area contributed by atoms with Crippen LogP contribution in [0.4, 0.5) is 0 Å². The van der Waals surface area contributed by atoms with E-state index in [-0.39, 0.29) is 22.8 Å². The van der Waals surface area contributed by atoms with Crippen molar-refractivity contribution in [3.05, 3.63) is 0 Å². The molecule has 26 heavy (non-hydrogen) atoms. The van der Waals surface area contributed by atoms with Crippen molar-refractivity contribution in [3.63, 3.8) is 0 Å². The van der Waals surface area contributed by atoms with Crippen LogP contribution in [0.15, 0.2) is 4.99 Å². The number of ether oxygens (including phenoxy) is 1. The van der Waals surface area contributed by atoms with Gasteiger partial charge in [0.05, 0.1) is 11.4 Å². The Morgan fingerprint density at radius 1 is 1.23 bits per heavy atom. The number of hydrogen-bond acceptors (Lipinski definition) is 4. The molecule has 0 amide bonds. The molecule has 0 aromatic rings. The molecule has 0 spiro atoms. The maximum Gasteiger partial charge on any atom is 0.214 e. The van der Waals surface area contributed by atoms with Gasteiger partial charge in [-0.05, 0) is 32.6 Å². The fourth-order valence-electron chi connectivity index (χ4n) is 3.92. The number of guanidine groups is 1. The minimum atomic E-state index is -3.09. The maximum atomic E-state index is 12.2. The molecule has 2 rings (SSSR count). The highest BCUT2D eigenvalue weighted by Gasteiger charge is 2.58. The van der Waals surface area contributed by atoms with Crippen LogP contribution in [0.1, 0.15) is 53.4 Å². The Labute approximate surface area is 159 Å². The minimum absolute atomic E-state index is 0.0109. The Morgan fingerprint density at radius 3 is 2.31 bits per heavy atom. The zero-order valence-electron chi connectivity index (χ0n) is 17.1. The molecule has 7 nitrogen and oxygen atoms in total. The number of hydrogen-bond donors (Lipinski definition) is 2. The summed E-state index contributed by atoms with van der Waals surface area (Å²) in [4.78, 5) is 4.36. The zero-order chi connectivity index (χ0) is 19.6. The molecule has 0 radical (unpaired) electrons. The second-order valence-electron chi connectivity index (χ2n) is 8.26. The van der Waals surface area contributed by atoms with E-state index in [0.717, 1.165) is 25.2 Å². The average molecular weight is 389 g/mol. The molecule has 0 aromatic carbocycles. The lowest BCUT2D eigenvalue weighted by Gasteiger charge is -2.59. The highest BCUT2D eigenvalue weighted by Crippen LogP contribution is 2.51. The lowest BCUT2D eigenvalue weighted by Crippen LogP contribution is -2.69. The van der Waals surface area contributed by atoms with Gasteiger partial charge in [-0.2, -0.15) is 0 Å². The molecule has 1 aliphatic heterocycles. The van der Waals surface area contributed by atoms with Crippen LogP contribution in [0, 0.1) is 5.41 Å². The molecule has 1 heterocycles. The monoisotopic (exact) mass is 388 g/mol. The van der Waals surface area contributed by atoms with Crippen molar-refractivity contribution in [2.45, 2.75) is 71.1 Å². The van der Waals surface area contributed by atoms with E-state index in [0.29, 0.717) is 25.6 Å². The lowest BCUT2D eigenvalue weighted by atomic mass is 9.56. The number of piperidine rings is 1. The van der Waals surface area contributed by atoms with E-state index in [1.165, 1.54) is 0 Å². The van der Waals surface area contributed by atoms with E-state index in [1.54, 1.807) is 18.5 Å². The fourth-order valence-corrected chi connectivity index (χ4v) is 5.46. The first kappa shape index (κ1) is 21.4. The molecule has 2 atom stereocenters. The van der Waals surface area contributed by atoms with E-state index in [2.05, 4.69) is 36.4 Å². The molecule has 8 heteroatoms. The van der Waals surface area contributed by atoms with Gasteiger partial charge in [0.1, 0.15) is 0 Å². The van der Waals surface area contributed by atoms with Crippen LogP contribution in [0.25, 0.3) is 0 Å². The summed E-state index contributed by atoms with van der Waals surface area (Å²) in [6.07, 6.45) is 3.19. The number of rotatable bonds is 6. The van der Waals surface area contributed by atoms with Crippen molar-refractivity contribution in [1.29, 1.82) is 0 Å². The predicted octanol–water partition coefficient (Wildman–Crippen LogP) is 1.56. The molecule has 152 valence electrons. The van der Waals surface area contributed by atoms with Crippen molar-refractivity contribution < 1.29 is 13.2 Å². The van der Waals surface area contributed by atoms with E-state index < -0.39 is 10.0 Å². The van der Waals surface area contributed by atoms with Gasteiger partial charge in [0.2, 0.25) is 10.0 Å². The first-order chi connectivity index (χ1) is 12.1. The Bertz CT molecular complexity index is 612. The molecule has 0 aromatic heterocycles. The van der Waals surface area contributed by atoms with Crippen LogP contribution in [0.2, 0.25) is 0 Å². The summed E-state index contributed by atoms with van der Waals surface area (Å²) in [5.74, 6) is 1.03. The number of nitrogens with zero attached hydrogens (tertiary/aromatic N) is 2. The standard InChI is InChI=1S/C18H36N4O3S/c1-7-12-26(23,24)22-10-8-14(9-11-22)20-16(19-5)21-15-13-18(4,25-6)17(15,2)3/h14-15H,7-13H2,1-6H3,(H2,19,20,21). The van der Waals surface area contributed by atoms with Gasteiger partial charge < -0.3 is 15.4 Å². The molecule has 1 saturated carbocycles. The third-order valence-electron chi connectivity index (χ3n) is 6.46. The van der Waals surface area contributed by atoms with Gasteiger partial charge in [0, 0.05) is 44.7 Å². The van der Waals surface area contributed by atoms with Gasteiger partial charge >= 0.3 is 0 Å². The van der Waals surface area contributed by atoms with Crippen molar-refractivity contribution in [1.82, 2.24) is 14.9 Å². The molecule has 1 aliphatic carbocycles. The van der Waals surface area contributed by atoms with Crippen LogP contribution in [0.3, 0.4) is 0 Å². The number of aliphatic imine (C=N–C) groups is 1. The average Bonchev–Trinajstić information content (AvgIpc) is 2.60. The van der Waals surface area contributed by atoms with E-state index in [1.807, 2.05) is 6.92 Å². The smallest absolute Gasteiger partial charge is 0.214 e. The highest BCUT2D eigenvalue weighted by atomic mass is 32.2. The van der Waals surface area contributed by atoms with Crippen molar-refractivity contribution >= 4 is 16.0 Å². The van der Waals surface area contributed by atoms with Gasteiger partial charge in [-0.1, -0.05) is 20.8 Å². The molecule has 0 bridgehead atoms. The summed E-state index contributed by atoms with van der Waals surface area (Å²) in [5, 5.41) is 6.99. The molecule has 1 saturated heterocycles. The number of methoxy groups -OCH3 is 1. The van der Waals surface area contributed by atoms with Gasteiger partial charge in [-0.15, -0.1) is 0 Å². The van der Waals surface area contributed by atoms with Gasteiger partial charge in [0.25, 0.3) is 0 Å². The molecular weight excluding hydrogens is 352 g/mol. The highest BCUT2D eigenvalue weighted by molar-refractivity contribution is 7.89. The Hall–Kier alpha value is -0.860. The summed E-state index contributed by atoms with van der Waals surface area (Å²) in [5.41, 5.74) is -0.112. The predicted molar refractivity (Wildman–Crippen MR) is 106 cm³/mol. The Balaban J connectivity index is 1.86. The van der Waals surface area contributed by atoms with Crippen LogP contribution in [-0.4, -0.2) is 69.4 Å². The lowest BCUT2D eigenvalue weighted by molar-refractivity contribution is -0.176. The molecule has 2 aliphatic rings. The topological polar surface area (TPSA) is 83.0 Å². The van der Waals surface area contributed by atoms with E-state index in [4.69, 9.17) is 4.74 Å². The summed E-state index contributed by atoms with van der Waals surface area (Å²) >= 11 is 0. The Morgan fingerprint density at radius 2 is 1.85 bits per heavy atom. The van der Waals surface area contributed by atoms with E-state index >= 15 is 0 Å². The number of nitrogens with one attached hydrogen (secondary N) is 2. The minimum Gasteiger partial charge on any atom is -0.378 e. The van der Waals surface area contributed by atoms with Crippen LogP contribution in [0.5, 0.6) is 0 Å². The first-order valence-electron chi connectivity index (χ1n) is 9.62. The third kappa shape index (κ3) is 4.17. The summed E-state index contributed by atoms with van der Waals surface area (Å²) in [6, 6.07) is 0.537. The SMILES string of the molecule is CCCS(=O)(=O)N1CCC(NC(=NC)NC2CC(C)(OC)C2(C)C)CC1. The van der Waals surface area contributed by atoms with Crippen molar-refractivity contribution in [2.75, 3.05) is 33.0 Å². The summed E-state index contributed by atoms with van der Waals surface area (Å²) in [6.45, 7) is 9.62. The second-order valence-corrected chi connectivity index (χ2v) is 10.4. The molecule has 2 unspecified atom stereocenters. The molecular formula is C18H36N4O3S. The molecule has 2 fully saturated rings. The number of sulfonamides is 1. The maximum absolute atomic E-state index is 12.2. The Kier molecular flexibility index (Phi) is 6.62. The van der Waals surface area contributed by atoms with Crippen LogP contribution in [-0.2, 0) is 14.8 Å². The first-order valence-corrected chi connectivity index (χ1v) is 11.2. The van der Waals surface area contributed by atoms with Crippen LogP contribution >= 0.6 is 0 Å². The van der Waals surface area contributed by atoms with Gasteiger partial charge in [-0.3, -0.25) is 4.99 Å². The van der Waals surface area contributed by atoms with Crippen molar-refractivity contribution in [3.8, 4) is 0 Å². The quantitative estimate of drug-likeness (QED) is 0.533. The third-order valence-corrected chi connectivity index (χ3v) is 8.54. The van der Waals surface area contributed by atoms with E-state index in [9.17, 15) is 8.42 Å². The molecule has 2 N–H and O–H groups in total. The zero-order valence-corrected chi connectivity index (χ0v) is 17.9. The largest absolute Gasteiger partial charge is 0.378 e. The normalized spacial score (nSPS) is 30.7.